The van der Waals surface area contributed by atoms with E-state index in [0.29, 0.717) is 29.4 Å². The minimum Gasteiger partial charge on any atom is -0.382 e. The molecule has 4 aromatic rings. The Morgan fingerprint density at radius 2 is 1.83 bits per heavy atom. The molecule has 1 fully saturated rings. The molecule has 3 heterocycles. The molecule has 7 nitrogen and oxygen atoms in total. The second kappa shape index (κ2) is 10.2. The van der Waals surface area contributed by atoms with Gasteiger partial charge in [0.05, 0.1) is 10.7 Å². The van der Waals surface area contributed by atoms with Crippen molar-refractivity contribution in [2.75, 3.05) is 29.9 Å². The van der Waals surface area contributed by atoms with Crippen LogP contribution >= 0.6 is 11.6 Å². The Balaban J connectivity index is 1.31. The second-order valence-electron chi connectivity index (χ2n) is 8.66. The van der Waals surface area contributed by atoms with E-state index in [4.69, 9.17) is 11.6 Å². The maximum absolute atomic E-state index is 13.6. The van der Waals surface area contributed by atoms with Gasteiger partial charge in [-0.3, -0.25) is 19.5 Å². The number of fused-ring (bicyclic) bond motifs is 1. The highest BCUT2D eigenvalue weighted by molar-refractivity contribution is 6.34. The first-order valence-corrected chi connectivity index (χ1v) is 12.0. The molecule has 2 amide bonds. The summed E-state index contributed by atoms with van der Waals surface area (Å²) in [5.41, 5.74) is 2.91. The Morgan fingerprint density at radius 1 is 1.06 bits per heavy atom. The number of halogens is 1. The summed E-state index contributed by atoms with van der Waals surface area (Å²) in [6.07, 6.45) is 7.01. The first kappa shape index (κ1) is 22.9. The van der Waals surface area contributed by atoms with Crippen LogP contribution in [0.5, 0.6) is 0 Å². The van der Waals surface area contributed by atoms with E-state index in [-0.39, 0.29) is 24.4 Å². The molecular formula is C27H26ClN5O2. The zero-order valence-corrected chi connectivity index (χ0v) is 19.9. The fourth-order valence-electron chi connectivity index (χ4n) is 4.47. The standard InChI is InChI=1S/C27H26ClN5O2/c28-23-3-1-2-4-25(23)33(27(35)20-6-5-19-7-14-30-24(19)17-20)18-26(34)32-15-10-22(11-16-32)31-21-8-12-29-13-9-21/h1-9,12-14,17,22,30H,10-11,15-16,18H2,(H,29,31). The molecule has 2 N–H and O–H groups in total. The smallest absolute Gasteiger partial charge is 0.258 e. The number of likely N-dealkylation sites (tertiary alicyclic amines) is 1. The van der Waals surface area contributed by atoms with Gasteiger partial charge >= 0.3 is 0 Å². The van der Waals surface area contributed by atoms with Crippen molar-refractivity contribution >= 4 is 45.7 Å². The minimum absolute atomic E-state index is 0.0756. The summed E-state index contributed by atoms with van der Waals surface area (Å²) in [6, 6.07) is 18.7. The maximum atomic E-state index is 13.6. The molecular weight excluding hydrogens is 462 g/mol. The number of pyridine rings is 1. The van der Waals surface area contributed by atoms with Gasteiger partial charge in [0.1, 0.15) is 6.54 Å². The number of benzene rings is 2. The first-order valence-electron chi connectivity index (χ1n) is 11.7. The van der Waals surface area contributed by atoms with E-state index in [9.17, 15) is 9.59 Å². The van der Waals surface area contributed by atoms with Crippen molar-refractivity contribution in [3.8, 4) is 0 Å². The second-order valence-corrected chi connectivity index (χ2v) is 9.06. The third kappa shape index (κ3) is 5.15. The molecule has 0 spiro atoms. The van der Waals surface area contributed by atoms with E-state index in [0.717, 1.165) is 29.4 Å². The topological polar surface area (TPSA) is 81.3 Å². The Kier molecular flexibility index (Phi) is 6.68. The lowest BCUT2D eigenvalue weighted by molar-refractivity contribution is -0.130. The van der Waals surface area contributed by atoms with E-state index in [1.807, 2.05) is 53.6 Å². The fraction of sp³-hybridized carbons (Fsp3) is 0.222. The van der Waals surface area contributed by atoms with E-state index in [2.05, 4.69) is 15.3 Å². The zero-order valence-electron chi connectivity index (χ0n) is 19.2. The summed E-state index contributed by atoms with van der Waals surface area (Å²) < 4.78 is 0. The number of anilines is 2. The van der Waals surface area contributed by atoms with Gasteiger partial charge in [-0.15, -0.1) is 0 Å². The van der Waals surface area contributed by atoms with Gasteiger partial charge in [0.25, 0.3) is 5.91 Å². The van der Waals surface area contributed by atoms with Crippen molar-refractivity contribution in [2.45, 2.75) is 18.9 Å². The molecule has 0 radical (unpaired) electrons. The van der Waals surface area contributed by atoms with Gasteiger partial charge in [0.15, 0.2) is 0 Å². The number of nitrogens with one attached hydrogen (secondary N) is 2. The quantitative estimate of drug-likeness (QED) is 0.402. The van der Waals surface area contributed by atoms with Gasteiger partial charge in [-0.2, -0.15) is 0 Å². The normalized spacial score (nSPS) is 14.1. The number of H-pyrrole nitrogens is 1. The van der Waals surface area contributed by atoms with Crippen molar-refractivity contribution in [1.82, 2.24) is 14.9 Å². The number of para-hydroxylation sites is 1. The molecule has 35 heavy (non-hydrogen) atoms. The molecule has 0 atom stereocenters. The summed E-state index contributed by atoms with van der Waals surface area (Å²) in [5.74, 6) is -0.362. The zero-order chi connectivity index (χ0) is 24.2. The average Bonchev–Trinajstić information content (AvgIpc) is 3.36. The molecule has 1 aliphatic rings. The highest BCUT2D eigenvalue weighted by Gasteiger charge is 2.28. The van der Waals surface area contributed by atoms with Crippen molar-refractivity contribution in [1.29, 1.82) is 0 Å². The Bertz CT molecular complexity index is 1330. The molecule has 2 aromatic heterocycles. The number of amides is 2. The van der Waals surface area contributed by atoms with Crippen LogP contribution in [0.2, 0.25) is 5.02 Å². The van der Waals surface area contributed by atoms with Crippen LogP contribution in [-0.2, 0) is 4.79 Å². The number of carbonyl (C=O) groups excluding carboxylic acids is 2. The van der Waals surface area contributed by atoms with E-state index in [1.165, 1.54) is 4.90 Å². The predicted octanol–water partition coefficient (Wildman–Crippen LogP) is 4.97. The number of nitrogens with zero attached hydrogens (tertiary/aromatic N) is 3. The summed E-state index contributed by atoms with van der Waals surface area (Å²) in [6.45, 7) is 1.18. The van der Waals surface area contributed by atoms with Crippen LogP contribution in [0, 0.1) is 0 Å². The van der Waals surface area contributed by atoms with E-state index in [1.54, 1.807) is 30.6 Å². The van der Waals surface area contributed by atoms with Gasteiger partial charge in [0, 0.05) is 54.5 Å². The number of hydrogen-bond acceptors (Lipinski definition) is 4. The maximum Gasteiger partial charge on any atom is 0.258 e. The highest BCUT2D eigenvalue weighted by Crippen LogP contribution is 2.28. The van der Waals surface area contributed by atoms with Crippen LogP contribution in [0.4, 0.5) is 11.4 Å². The molecule has 0 unspecified atom stereocenters. The minimum atomic E-state index is -0.266. The predicted molar refractivity (Wildman–Crippen MR) is 139 cm³/mol. The van der Waals surface area contributed by atoms with E-state index >= 15 is 0 Å². The molecule has 1 aliphatic heterocycles. The largest absolute Gasteiger partial charge is 0.382 e. The van der Waals surface area contributed by atoms with Crippen LogP contribution in [-0.4, -0.2) is 52.4 Å². The Morgan fingerprint density at radius 3 is 2.60 bits per heavy atom. The summed E-state index contributed by atoms with van der Waals surface area (Å²) in [5, 5.41) is 4.95. The van der Waals surface area contributed by atoms with Gasteiger partial charge in [0.2, 0.25) is 5.91 Å². The molecule has 5 rings (SSSR count). The lowest BCUT2D eigenvalue weighted by Gasteiger charge is -2.34. The monoisotopic (exact) mass is 487 g/mol. The third-order valence-electron chi connectivity index (χ3n) is 6.38. The van der Waals surface area contributed by atoms with Crippen LogP contribution in [0.15, 0.2) is 79.3 Å². The van der Waals surface area contributed by atoms with Crippen LogP contribution in [0.3, 0.4) is 0 Å². The van der Waals surface area contributed by atoms with Gasteiger partial charge in [-0.25, -0.2) is 0 Å². The molecule has 2 aromatic carbocycles. The van der Waals surface area contributed by atoms with Crippen molar-refractivity contribution in [2.24, 2.45) is 0 Å². The first-order chi connectivity index (χ1) is 17.1. The molecule has 0 bridgehead atoms. The molecule has 178 valence electrons. The number of piperidine rings is 1. The summed E-state index contributed by atoms with van der Waals surface area (Å²) >= 11 is 6.46. The molecule has 0 saturated carbocycles. The molecule has 8 heteroatoms. The van der Waals surface area contributed by atoms with Gasteiger partial charge in [-0.1, -0.05) is 29.8 Å². The number of aromatic amines is 1. The highest BCUT2D eigenvalue weighted by atomic mass is 35.5. The van der Waals surface area contributed by atoms with Crippen molar-refractivity contribution < 1.29 is 9.59 Å². The number of rotatable bonds is 6. The lowest BCUT2D eigenvalue weighted by atomic mass is 10.0. The van der Waals surface area contributed by atoms with Gasteiger partial charge in [-0.05, 0) is 60.7 Å². The number of hydrogen-bond donors (Lipinski definition) is 2. The van der Waals surface area contributed by atoms with E-state index < -0.39 is 0 Å². The third-order valence-corrected chi connectivity index (χ3v) is 6.70. The Hall–Kier alpha value is -3.84. The average molecular weight is 488 g/mol. The number of carbonyl (C=O) groups is 2. The Labute approximate surface area is 208 Å². The summed E-state index contributed by atoms with van der Waals surface area (Å²) in [7, 11) is 0. The number of aromatic nitrogens is 2. The van der Waals surface area contributed by atoms with Crippen LogP contribution < -0.4 is 10.2 Å². The fourth-order valence-corrected chi connectivity index (χ4v) is 4.70. The van der Waals surface area contributed by atoms with Crippen LogP contribution in [0.25, 0.3) is 10.9 Å². The molecule has 1 saturated heterocycles. The van der Waals surface area contributed by atoms with Gasteiger partial charge < -0.3 is 15.2 Å². The SMILES string of the molecule is O=C(CN(C(=O)c1ccc2cc[nH]c2c1)c1ccccc1Cl)N1CCC(Nc2ccncc2)CC1. The summed E-state index contributed by atoms with van der Waals surface area (Å²) in [4.78, 5) is 37.4. The van der Waals surface area contributed by atoms with Crippen LogP contribution in [0.1, 0.15) is 23.2 Å². The van der Waals surface area contributed by atoms with Crippen molar-refractivity contribution in [3.63, 3.8) is 0 Å². The lowest BCUT2D eigenvalue weighted by Crippen LogP contribution is -2.47. The molecule has 0 aliphatic carbocycles. The van der Waals surface area contributed by atoms with Crippen molar-refractivity contribution in [3.05, 3.63) is 89.8 Å².